The minimum atomic E-state index is -1.13. The van der Waals surface area contributed by atoms with Crippen LogP contribution in [0.3, 0.4) is 0 Å². The topological polar surface area (TPSA) is 116 Å². The van der Waals surface area contributed by atoms with E-state index in [1.54, 1.807) is 41.3 Å². The molecule has 39 heavy (non-hydrogen) atoms. The van der Waals surface area contributed by atoms with Crippen LogP contribution in [0.15, 0.2) is 53.9 Å². The Labute approximate surface area is 239 Å². The largest absolute Gasteiger partial charge is 0.481 e. The number of amides is 3. The molecule has 1 saturated heterocycles. The van der Waals surface area contributed by atoms with Gasteiger partial charge in [-0.1, -0.05) is 41.4 Å². The monoisotopic (exact) mass is 587 g/mol. The van der Waals surface area contributed by atoms with Crippen molar-refractivity contribution < 1.29 is 24.3 Å². The van der Waals surface area contributed by atoms with Gasteiger partial charge in [0.05, 0.1) is 27.1 Å². The lowest BCUT2D eigenvalue weighted by Crippen LogP contribution is -2.49. The van der Waals surface area contributed by atoms with Crippen molar-refractivity contribution in [1.82, 2.24) is 15.5 Å². The molecule has 1 fully saturated rings. The zero-order valence-electron chi connectivity index (χ0n) is 20.9. The molecule has 3 amide bonds. The van der Waals surface area contributed by atoms with Gasteiger partial charge in [-0.05, 0) is 59.5 Å². The Morgan fingerprint density at radius 1 is 1.08 bits per heavy atom. The first-order valence-corrected chi connectivity index (χ1v) is 14.0. The number of fused-ring (bicyclic) bond motifs is 1. The maximum Gasteiger partial charge on any atom is 0.304 e. The van der Waals surface area contributed by atoms with Gasteiger partial charge in [0.1, 0.15) is 0 Å². The summed E-state index contributed by atoms with van der Waals surface area (Å²) in [6, 6.07) is 12.1. The fraction of sp³-hybridized carbons (Fsp3) is 0.286. The molecule has 0 saturated carbocycles. The number of carbonyl (C=O) groups excluding carboxylic acids is 3. The number of benzene rings is 2. The third kappa shape index (κ3) is 7.38. The number of carboxylic acid groups (broad SMARTS) is 1. The van der Waals surface area contributed by atoms with Crippen LogP contribution < -0.4 is 10.6 Å². The summed E-state index contributed by atoms with van der Waals surface area (Å²) in [6.45, 7) is 0.763. The van der Waals surface area contributed by atoms with Crippen molar-refractivity contribution in [3.8, 4) is 0 Å². The van der Waals surface area contributed by atoms with Gasteiger partial charge >= 0.3 is 5.97 Å². The molecule has 8 nitrogen and oxygen atoms in total. The van der Waals surface area contributed by atoms with Crippen molar-refractivity contribution in [2.75, 3.05) is 19.6 Å². The quantitative estimate of drug-likeness (QED) is 0.309. The van der Waals surface area contributed by atoms with E-state index in [0.717, 1.165) is 10.1 Å². The molecule has 1 aliphatic heterocycles. The smallest absolute Gasteiger partial charge is 0.304 e. The highest BCUT2D eigenvalue weighted by molar-refractivity contribution is 7.18. The van der Waals surface area contributed by atoms with E-state index in [1.165, 1.54) is 17.4 Å². The second kappa shape index (κ2) is 13.1. The number of nitrogens with zero attached hydrogens (tertiary/aromatic N) is 1. The Morgan fingerprint density at radius 2 is 1.79 bits per heavy atom. The van der Waals surface area contributed by atoms with E-state index in [-0.39, 0.29) is 24.4 Å². The first kappa shape index (κ1) is 28.6. The zero-order valence-corrected chi connectivity index (χ0v) is 23.2. The number of thiophene rings is 1. The van der Waals surface area contributed by atoms with Gasteiger partial charge in [0.25, 0.3) is 5.91 Å². The van der Waals surface area contributed by atoms with Gasteiger partial charge < -0.3 is 20.6 Å². The summed E-state index contributed by atoms with van der Waals surface area (Å²) < 4.78 is 0.901. The lowest BCUT2D eigenvalue weighted by Gasteiger charge is -2.32. The Morgan fingerprint density at radius 3 is 2.49 bits per heavy atom. The van der Waals surface area contributed by atoms with E-state index in [0.29, 0.717) is 47.1 Å². The van der Waals surface area contributed by atoms with E-state index < -0.39 is 24.2 Å². The number of halogens is 2. The molecule has 1 atom stereocenters. The van der Waals surface area contributed by atoms with Crippen molar-refractivity contribution in [2.24, 2.45) is 5.92 Å². The van der Waals surface area contributed by atoms with E-state index in [9.17, 15) is 24.3 Å². The van der Waals surface area contributed by atoms with E-state index >= 15 is 0 Å². The normalized spacial score (nSPS) is 14.9. The Balaban J connectivity index is 1.29. The van der Waals surface area contributed by atoms with Gasteiger partial charge in [-0.25, -0.2) is 0 Å². The van der Waals surface area contributed by atoms with E-state index in [4.69, 9.17) is 23.2 Å². The van der Waals surface area contributed by atoms with Crippen molar-refractivity contribution in [2.45, 2.75) is 25.3 Å². The fourth-order valence-corrected chi connectivity index (χ4v) is 5.83. The summed E-state index contributed by atoms with van der Waals surface area (Å²) in [6.07, 6.45) is 3.76. The molecule has 1 aromatic heterocycles. The van der Waals surface area contributed by atoms with E-state index in [1.807, 2.05) is 17.5 Å². The molecule has 2 aromatic carbocycles. The van der Waals surface area contributed by atoms with Crippen LogP contribution in [0.25, 0.3) is 16.2 Å². The second-order valence-corrected chi connectivity index (χ2v) is 10.9. The molecule has 0 radical (unpaired) electrons. The van der Waals surface area contributed by atoms with Crippen LogP contribution in [-0.2, 0) is 14.4 Å². The molecular formula is C28H27Cl2N3O5S. The first-order chi connectivity index (χ1) is 18.7. The van der Waals surface area contributed by atoms with Crippen LogP contribution >= 0.6 is 34.5 Å². The molecule has 0 spiro atoms. The summed E-state index contributed by atoms with van der Waals surface area (Å²) in [7, 11) is 0. The van der Waals surface area contributed by atoms with Crippen LogP contribution in [0, 0.1) is 5.92 Å². The lowest BCUT2D eigenvalue weighted by molar-refractivity contribution is -0.141. The first-order valence-electron chi connectivity index (χ1n) is 12.4. The fourth-order valence-electron chi connectivity index (χ4n) is 4.40. The SMILES string of the molecule is O=C(O)CC(CNC(=O)c1ccccc1)C(=O)NC1CCN(C(=O)/C=C/c2cc3ccsc3c(Cl)c2Cl)CC1. The molecular weight excluding hydrogens is 561 g/mol. The van der Waals surface area contributed by atoms with Crippen LogP contribution in [0.4, 0.5) is 0 Å². The van der Waals surface area contributed by atoms with Crippen LogP contribution in [0.2, 0.25) is 10.0 Å². The summed E-state index contributed by atoms with van der Waals surface area (Å²) in [5.74, 6) is -3.04. The number of hydrogen-bond acceptors (Lipinski definition) is 5. The number of aliphatic carboxylic acids is 1. The van der Waals surface area contributed by atoms with Gasteiger partial charge in [0.15, 0.2) is 0 Å². The maximum absolute atomic E-state index is 12.9. The summed E-state index contributed by atoms with van der Waals surface area (Å²) in [5.41, 5.74) is 1.09. The minimum Gasteiger partial charge on any atom is -0.481 e. The minimum absolute atomic E-state index is 0.0995. The average Bonchev–Trinajstić information content (AvgIpc) is 3.41. The molecule has 3 N–H and O–H groups in total. The standard InChI is InChI=1S/C28H27Cl2N3O5S/c29-24-18(14-19-10-13-39-26(19)25(24)30)6-7-22(34)33-11-8-21(9-12-33)32-28(38)20(15-23(35)36)16-31-27(37)17-4-2-1-3-5-17/h1-7,10,13-14,20-21H,8-9,11-12,15-16H2,(H,31,37)(H,32,38)(H,35,36)/b7-6+. The highest BCUT2D eigenvalue weighted by atomic mass is 35.5. The molecule has 11 heteroatoms. The van der Waals surface area contributed by atoms with Gasteiger partial charge in [0.2, 0.25) is 11.8 Å². The number of carboxylic acids is 1. The molecule has 0 aliphatic carbocycles. The van der Waals surface area contributed by atoms with Gasteiger partial charge in [-0.2, -0.15) is 0 Å². The van der Waals surface area contributed by atoms with Gasteiger partial charge in [-0.15, -0.1) is 11.3 Å². The van der Waals surface area contributed by atoms with Crippen LogP contribution in [0.5, 0.6) is 0 Å². The number of hydrogen-bond donors (Lipinski definition) is 3. The maximum atomic E-state index is 12.9. The zero-order chi connectivity index (χ0) is 27.9. The second-order valence-electron chi connectivity index (χ2n) is 9.25. The molecule has 1 unspecified atom stereocenters. The predicted octanol–water partition coefficient (Wildman–Crippen LogP) is 4.85. The third-order valence-electron chi connectivity index (χ3n) is 6.55. The number of rotatable bonds is 9. The third-order valence-corrected chi connectivity index (χ3v) is 8.49. The molecule has 2 heterocycles. The predicted molar refractivity (Wildman–Crippen MR) is 153 cm³/mol. The number of likely N-dealkylation sites (tertiary alicyclic amines) is 1. The molecule has 1 aliphatic rings. The highest BCUT2D eigenvalue weighted by Crippen LogP contribution is 2.37. The van der Waals surface area contributed by atoms with Crippen LogP contribution in [0.1, 0.15) is 35.2 Å². The number of nitrogens with one attached hydrogen (secondary N) is 2. The summed E-state index contributed by atoms with van der Waals surface area (Å²) in [5, 5.41) is 18.6. The highest BCUT2D eigenvalue weighted by Gasteiger charge is 2.28. The van der Waals surface area contributed by atoms with Crippen molar-refractivity contribution in [3.05, 3.63) is 75.1 Å². The molecule has 0 bridgehead atoms. The summed E-state index contributed by atoms with van der Waals surface area (Å²) >= 11 is 14.3. The Kier molecular flexibility index (Phi) is 9.61. The van der Waals surface area contributed by atoms with Crippen molar-refractivity contribution >= 4 is 74.4 Å². The number of piperidine rings is 1. The van der Waals surface area contributed by atoms with E-state index in [2.05, 4.69) is 10.6 Å². The summed E-state index contributed by atoms with van der Waals surface area (Å²) in [4.78, 5) is 51.0. The number of carbonyl (C=O) groups is 4. The molecule has 204 valence electrons. The van der Waals surface area contributed by atoms with Gasteiger partial charge in [-0.3, -0.25) is 19.2 Å². The molecule has 3 aromatic rings. The van der Waals surface area contributed by atoms with Gasteiger partial charge in [0, 0.05) is 37.3 Å². The Bertz CT molecular complexity index is 1400. The Hall–Kier alpha value is -3.40. The van der Waals surface area contributed by atoms with Crippen molar-refractivity contribution in [3.63, 3.8) is 0 Å². The van der Waals surface area contributed by atoms with Crippen LogP contribution in [-0.4, -0.2) is 59.4 Å². The lowest BCUT2D eigenvalue weighted by atomic mass is 10.0. The average molecular weight is 589 g/mol. The van der Waals surface area contributed by atoms with Crippen molar-refractivity contribution in [1.29, 1.82) is 0 Å². The molecule has 4 rings (SSSR count).